The number of nitrogens with zero attached hydrogens (tertiary/aromatic N) is 3. The van der Waals surface area contributed by atoms with Gasteiger partial charge in [-0.2, -0.15) is 5.26 Å². The summed E-state index contributed by atoms with van der Waals surface area (Å²) in [4.78, 5) is 32.0. The highest BCUT2D eigenvalue weighted by atomic mass is 32.1. The zero-order valence-electron chi connectivity index (χ0n) is 21.5. The number of carbonyl (C=O) groups is 1. The van der Waals surface area contributed by atoms with Gasteiger partial charge in [0.25, 0.3) is 5.56 Å². The lowest BCUT2D eigenvalue weighted by Gasteiger charge is -2.24. The molecule has 4 aromatic rings. The molecule has 0 bridgehead atoms. The van der Waals surface area contributed by atoms with Gasteiger partial charge in [-0.1, -0.05) is 78.1 Å². The largest absolute Gasteiger partial charge is 0.488 e. The van der Waals surface area contributed by atoms with Crippen molar-refractivity contribution >= 4 is 23.4 Å². The first-order valence-corrected chi connectivity index (χ1v) is 13.3. The monoisotopic (exact) mass is 535 g/mol. The Kier molecular flexibility index (Phi) is 7.53. The van der Waals surface area contributed by atoms with Crippen LogP contribution in [-0.4, -0.2) is 17.1 Å². The van der Waals surface area contributed by atoms with Gasteiger partial charge in [-0.15, -0.1) is 0 Å². The van der Waals surface area contributed by atoms with E-state index in [4.69, 9.17) is 9.47 Å². The van der Waals surface area contributed by atoms with Crippen molar-refractivity contribution < 1.29 is 14.3 Å². The Bertz CT molecular complexity index is 1800. The van der Waals surface area contributed by atoms with Crippen LogP contribution in [0.3, 0.4) is 0 Å². The van der Waals surface area contributed by atoms with Crippen LogP contribution in [0.1, 0.15) is 42.1 Å². The third kappa shape index (κ3) is 5.17. The summed E-state index contributed by atoms with van der Waals surface area (Å²) >= 11 is 1.26. The molecule has 0 radical (unpaired) electrons. The summed E-state index contributed by atoms with van der Waals surface area (Å²) in [6.45, 7) is 3.95. The van der Waals surface area contributed by atoms with E-state index in [1.54, 1.807) is 30.6 Å². The van der Waals surface area contributed by atoms with Crippen LogP contribution in [-0.2, 0) is 16.1 Å². The second kappa shape index (κ2) is 11.3. The van der Waals surface area contributed by atoms with Gasteiger partial charge in [-0.05, 0) is 37.6 Å². The quantitative estimate of drug-likeness (QED) is 0.330. The number of thiazole rings is 1. The molecule has 39 heavy (non-hydrogen) atoms. The molecule has 0 saturated carbocycles. The average molecular weight is 536 g/mol. The maximum Gasteiger partial charge on any atom is 0.338 e. The second-order valence-electron chi connectivity index (χ2n) is 8.81. The predicted octanol–water partition coefficient (Wildman–Crippen LogP) is 4.25. The van der Waals surface area contributed by atoms with Gasteiger partial charge in [0.1, 0.15) is 12.4 Å². The molecule has 0 fully saturated rings. The molecule has 1 aromatic heterocycles. The molecule has 0 spiro atoms. The molecule has 1 atom stereocenters. The summed E-state index contributed by atoms with van der Waals surface area (Å²) in [6, 6.07) is 25.7. The van der Waals surface area contributed by atoms with E-state index in [1.807, 2.05) is 72.8 Å². The molecular formula is C31H25N3O4S. The van der Waals surface area contributed by atoms with Gasteiger partial charge in [-0.3, -0.25) is 9.36 Å². The van der Waals surface area contributed by atoms with Crippen molar-refractivity contribution in [2.45, 2.75) is 26.5 Å². The van der Waals surface area contributed by atoms with Crippen LogP contribution in [0, 0.1) is 11.3 Å². The lowest BCUT2D eigenvalue weighted by atomic mass is 9.96. The molecule has 0 amide bonds. The molecule has 7 nitrogen and oxygen atoms in total. The van der Waals surface area contributed by atoms with Crippen molar-refractivity contribution in [1.29, 1.82) is 5.26 Å². The molecule has 1 aliphatic heterocycles. The van der Waals surface area contributed by atoms with Gasteiger partial charge in [0, 0.05) is 11.1 Å². The molecule has 8 heteroatoms. The number of hydrogen-bond acceptors (Lipinski definition) is 7. The first kappa shape index (κ1) is 25.9. The van der Waals surface area contributed by atoms with E-state index in [1.165, 1.54) is 11.3 Å². The van der Waals surface area contributed by atoms with E-state index >= 15 is 0 Å². The molecule has 1 aliphatic rings. The normalized spacial score (nSPS) is 14.8. The Morgan fingerprint density at radius 2 is 1.79 bits per heavy atom. The van der Waals surface area contributed by atoms with Crippen LogP contribution < -0.4 is 19.6 Å². The summed E-state index contributed by atoms with van der Waals surface area (Å²) in [5, 5.41) is 9.39. The highest BCUT2D eigenvalue weighted by molar-refractivity contribution is 7.07. The Morgan fingerprint density at radius 1 is 1.08 bits per heavy atom. The standard InChI is InChI=1S/C31H25N3O4S/c1-3-37-30(36)27-20(2)33-31-34(28(27)21-11-5-4-6-12-21)29(35)26(39-31)17-22-13-9-10-16-25(22)38-19-24-15-8-7-14-23(24)18-32/h4-17,28H,3,19H2,1-2H3/b26-17-/t28-/m0/s1. The zero-order chi connectivity index (χ0) is 27.4. The summed E-state index contributed by atoms with van der Waals surface area (Å²) in [7, 11) is 0. The van der Waals surface area contributed by atoms with Crippen LogP contribution in [0.2, 0.25) is 0 Å². The van der Waals surface area contributed by atoms with E-state index in [-0.39, 0.29) is 18.8 Å². The minimum atomic E-state index is -0.655. The predicted molar refractivity (Wildman–Crippen MR) is 149 cm³/mol. The van der Waals surface area contributed by atoms with E-state index in [9.17, 15) is 14.9 Å². The topological polar surface area (TPSA) is 93.7 Å². The minimum absolute atomic E-state index is 0.214. The molecular weight excluding hydrogens is 510 g/mol. The number of rotatable bonds is 7. The molecule has 194 valence electrons. The van der Waals surface area contributed by atoms with Gasteiger partial charge in [0.05, 0.1) is 40.1 Å². The van der Waals surface area contributed by atoms with Gasteiger partial charge in [-0.25, -0.2) is 9.79 Å². The summed E-state index contributed by atoms with van der Waals surface area (Å²) in [5.74, 6) is 0.0948. The number of benzene rings is 3. The Morgan fingerprint density at radius 3 is 2.56 bits per heavy atom. The van der Waals surface area contributed by atoms with E-state index in [2.05, 4.69) is 11.1 Å². The van der Waals surface area contributed by atoms with Crippen LogP contribution >= 0.6 is 11.3 Å². The lowest BCUT2D eigenvalue weighted by Crippen LogP contribution is -2.39. The molecule has 2 heterocycles. The molecule has 0 aliphatic carbocycles. The Hall–Kier alpha value is -4.74. The summed E-state index contributed by atoms with van der Waals surface area (Å²) in [6.07, 6.45) is 1.78. The number of esters is 1. The molecule has 3 aromatic carbocycles. The van der Waals surface area contributed by atoms with Crippen molar-refractivity contribution in [3.8, 4) is 11.8 Å². The fourth-order valence-corrected chi connectivity index (χ4v) is 5.56. The Balaban J connectivity index is 1.59. The van der Waals surface area contributed by atoms with Crippen molar-refractivity contribution in [3.63, 3.8) is 0 Å². The maximum absolute atomic E-state index is 13.8. The number of allylic oxidation sites excluding steroid dienone is 1. The van der Waals surface area contributed by atoms with Gasteiger partial charge < -0.3 is 9.47 Å². The highest BCUT2D eigenvalue weighted by Crippen LogP contribution is 2.30. The highest BCUT2D eigenvalue weighted by Gasteiger charge is 2.33. The molecule has 5 rings (SSSR count). The van der Waals surface area contributed by atoms with E-state index < -0.39 is 12.0 Å². The fraction of sp³-hybridized carbons (Fsp3) is 0.161. The maximum atomic E-state index is 13.8. The van der Waals surface area contributed by atoms with Crippen molar-refractivity contribution in [3.05, 3.63) is 132 Å². The molecule has 0 saturated heterocycles. The number of carbonyl (C=O) groups excluding carboxylic acids is 1. The van der Waals surface area contributed by atoms with Crippen molar-refractivity contribution in [2.24, 2.45) is 4.99 Å². The third-order valence-corrected chi connectivity index (χ3v) is 7.34. The lowest BCUT2D eigenvalue weighted by molar-refractivity contribution is -0.139. The first-order valence-electron chi connectivity index (χ1n) is 12.5. The van der Waals surface area contributed by atoms with Crippen LogP contribution in [0.4, 0.5) is 0 Å². The average Bonchev–Trinajstić information content (AvgIpc) is 3.26. The SMILES string of the molecule is CCOC(=O)C1=C(C)N=c2s/c(=C\c3ccccc3OCc3ccccc3C#N)c(=O)n2[C@H]1c1ccccc1. The summed E-state index contributed by atoms with van der Waals surface area (Å²) < 4.78 is 13.5. The summed E-state index contributed by atoms with van der Waals surface area (Å²) in [5.41, 5.74) is 3.46. The fourth-order valence-electron chi connectivity index (χ4n) is 4.53. The van der Waals surface area contributed by atoms with E-state index in [0.29, 0.717) is 31.9 Å². The number of para-hydroxylation sites is 1. The second-order valence-corrected chi connectivity index (χ2v) is 9.82. The van der Waals surface area contributed by atoms with Crippen LogP contribution in [0.5, 0.6) is 5.75 Å². The number of fused-ring (bicyclic) bond motifs is 1. The molecule has 0 N–H and O–H groups in total. The number of aromatic nitrogens is 1. The van der Waals surface area contributed by atoms with Crippen LogP contribution in [0.25, 0.3) is 6.08 Å². The van der Waals surface area contributed by atoms with Gasteiger partial charge in [0.2, 0.25) is 0 Å². The van der Waals surface area contributed by atoms with Crippen LogP contribution in [0.15, 0.2) is 99.9 Å². The number of nitriles is 1. The van der Waals surface area contributed by atoms with Gasteiger partial charge in [0.15, 0.2) is 4.80 Å². The van der Waals surface area contributed by atoms with Crippen molar-refractivity contribution in [1.82, 2.24) is 4.57 Å². The third-order valence-electron chi connectivity index (χ3n) is 6.36. The Labute approximate surface area is 229 Å². The number of hydrogen-bond donors (Lipinski definition) is 0. The first-order chi connectivity index (χ1) is 19.0. The van der Waals surface area contributed by atoms with Crippen molar-refractivity contribution in [2.75, 3.05) is 6.61 Å². The van der Waals surface area contributed by atoms with E-state index in [0.717, 1.165) is 16.7 Å². The van der Waals surface area contributed by atoms with Gasteiger partial charge >= 0.3 is 5.97 Å². The molecule has 0 unspecified atom stereocenters. The number of ether oxygens (including phenoxy) is 2. The smallest absolute Gasteiger partial charge is 0.338 e. The minimum Gasteiger partial charge on any atom is -0.488 e. The zero-order valence-corrected chi connectivity index (χ0v) is 22.3.